The van der Waals surface area contributed by atoms with Crippen molar-refractivity contribution in [1.29, 1.82) is 0 Å². The van der Waals surface area contributed by atoms with E-state index in [9.17, 15) is 4.79 Å². The molecule has 0 saturated carbocycles. The highest BCUT2D eigenvalue weighted by atomic mass is 32.1. The van der Waals surface area contributed by atoms with E-state index in [-0.39, 0.29) is 11.9 Å². The average Bonchev–Trinajstić information content (AvgIpc) is 3.13. The van der Waals surface area contributed by atoms with Crippen LogP contribution in [0.2, 0.25) is 0 Å². The number of nitrogens with zero attached hydrogens (tertiary/aromatic N) is 3. The number of amides is 1. The number of carbonyl (C=O) groups excluding carboxylic acids is 1. The minimum Gasteiger partial charge on any atom is -0.337 e. The van der Waals surface area contributed by atoms with Crippen LogP contribution in [0, 0.1) is 6.92 Å². The van der Waals surface area contributed by atoms with E-state index in [0.29, 0.717) is 0 Å². The largest absolute Gasteiger partial charge is 0.337 e. The first-order valence-corrected chi connectivity index (χ1v) is 9.20. The molecule has 1 atom stereocenters. The Morgan fingerprint density at radius 3 is 3.09 bits per heavy atom. The van der Waals surface area contributed by atoms with Crippen LogP contribution in [0.1, 0.15) is 27.2 Å². The molecule has 0 N–H and O–H groups in total. The Morgan fingerprint density at radius 2 is 2.36 bits per heavy atom. The van der Waals surface area contributed by atoms with Crippen LogP contribution in [0.5, 0.6) is 0 Å². The fraction of sp³-hybridized carbons (Fsp3) is 0.500. The van der Waals surface area contributed by atoms with E-state index < -0.39 is 0 Å². The van der Waals surface area contributed by atoms with Crippen molar-refractivity contribution in [2.45, 2.75) is 39.4 Å². The topological polar surface area (TPSA) is 36.4 Å². The number of hydrogen-bond donors (Lipinski definition) is 0. The number of likely N-dealkylation sites (N-methyl/N-ethyl adjacent to an activating group) is 1. The van der Waals surface area contributed by atoms with Crippen molar-refractivity contribution in [3.8, 4) is 0 Å². The van der Waals surface area contributed by atoms with Crippen molar-refractivity contribution >= 4 is 28.6 Å². The number of thiazole rings is 1. The Kier molecular flexibility index (Phi) is 4.61. The average molecular weight is 335 g/mol. The van der Waals surface area contributed by atoms with Crippen molar-refractivity contribution < 1.29 is 4.79 Å². The maximum absolute atomic E-state index is 12.7. The predicted octanol–water partition coefficient (Wildman–Crippen LogP) is 2.92. The number of hydrogen-bond acceptors (Lipinski definition) is 5. The van der Waals surface area contributed by atoms with Gasteiger partial charge in [-0.15, -0.1) is 22.7 Å². The lowest BCUT2D eigenvalue weighted by Gasteiger charge is -2.32. The molecule has 118 valence electrons. The normalized spacial score (nSPS) is 15.9. The highest BCUT2D eigenvalue weighted by Gasteiger charge is 2.27. The molecule has 3 heterocycles. The number of aryl methyl sites for hydroxylation is 1. The van der Waals surface area contributed by atoms with Gasteiger partial charge in [0.25, 0.3) is 0 Å². The second kappa shape index (κ2) is 6.48. The van der Waals surface area contributed by atoms with Crippen LogP contribution in [0.3, 0.4) is 0 Å². The van der Waals surface area contributed by atoms with Crippen molar-refractivity contribution in [1.82, 2.24) is 14.8 Å². The molecule has 4 nitrogen and oxygen atoms in total. The molecule has 0 saturated heterocycles. The molecule has 1 aliphatic rings. The third-order valence-corrected chi connectivity index (χ3v) is 6.13. The number of thiophene rings is 1. The number of carbonyl (C=O) groups is 1. The van der Waals surface area contributed by atoms with Crippen LogP contribution in [0.4, 0.5) is 0 Å². The molecular weight excluding hydrogens is 314 g/mol. The van der Waals surface area contributed by atoms with E-state index in [1.54, 1.807) is 22.7 Å². The molecule has 3 rings (SSSR count). The molecule has 0 bridgehead atoms. The summed E-state index contributed by atoms with van der Waals surface area (Å²) in [6.45, 7) is 6.38. The molecule has 1 amide bonds. The molecule has 0 aromatic carbocycles. The quantitative estimate of drug-likeness (QED) is 0.862. The minimum absolute atomic E-state index is 0.109. The third-order valence-electron chi connectivity index (χ3n) is 4.21. The summed E-state index contributed by atoms with van der Waals surface area (Å²) in [6.07, 6.45) is 2.90. The van der Waals surface area contributed by atoms with Crippen LogP contribution >= 0.6 is 22.7 Å². The van der Waals surface area contributed by atoms with Gasteiger partial charge >= 0.3 is 0 Å². The monoisotopic (exact) mass is 335 g/mol. The van der Waals surface area contributed by atoms with Gasteiger partial charge in [-0.05, 0) is 44.3 Å². The number of aromatic nitrogens is 1. The lowest BCUT2D eigenvalue weighted by atomic mass is 10.1. The van der Waals surface area contributed by atoms with Gasteiger partial charge in [0.05, 0.1) is 11.0 Å². The Morgan fingerprint density at radius 1 is 1.55 bits per heavy atom. The molecule has 1 aliphatic heterocycles. The maximum atomic E-state index is 12.7. The molecule has 6 heteroatoms. The number of rotatable bonds is 4. The van der Waals surface area contributed by atoms with E-state index in [2.05, 4.69) is 21.3 Å². The first kappa shape index (κ1) is 15.6. The van der Waals surface area contributed by atoms with Gasteiger partial charge in [0, 0.05) is 35.6 Å². The van der Waals surface area contributed by atoms with Gasteiger partial charge in [0.2, 0.25) is 5.91 Å². The van der Waals surface area contributed by atoms with Gasteiger partial charge in [-0.2, -0.15) is 0 Å². The van der Waals surface area contributed by atoms with Gasteiger partial charge in [-0.3, -0.25) is 9.69 Å². The summed E-state index contributed by atoms with van der Waals surface area (Å²) < 4.78 is 0. The fourth-order valence-electron chi connectivity index (χ4n) is 2.75. The van der Waals surface area contributed by atoms with E-state index >= 15 is 0 Å². The summed E-state index contributed by atoms with van der Waals surface area (Å²) in [5.41, 5.74) is 1.32. The zero-order chi connectivity index (χ0) is 15.7. The molecule has 2 aromatic rings. The van der Waals surface area contributed by atoms with Crippen LogP contribution in [-0.2, 0) is 24.3 Å². The summed E-state index contributed by atoms with van der Waals surface area (Å²) in [4.78, 5) is 23.8. The minimum atomic E-state index is -0.109. The highest BCUT2D eigenvalue weighted by molar-refractivity contribution is 7.11. The zero-order valence-electron chi connectivity index (χ0n) is 13.2. The smallest absolute Gasteiger partial charge is 0.239 e. The lowest BCUT2D eigenvalue weighted by Crippen LogP contribution is -2.46. The number of fused-ring (bicyclic) bond motifs is 1. The van der Waals surface area contributed by atoms with E-state index in [4.69, 9.17) is 0 Å². The SMILES string of the molecule is Cc1ncc(CN(C)[C@@H](C)C(=O)N2CCc3sccc3C2)s1. The first-order valence-electron chi connectivity index (χ1n) is 7.50. The van der Waals surface area contributed by atoms with Crippen LogP contribution < -0.4 is 0 Å². The van der Waals surface area contributed by atoms with Crippen LogP contribution in [0.15, 0.2) is 17.6 Å². The van der Waals surface area contributed by atoms with Gasteiger partial charge in [0.1, 0.15) is 0 Å². The lowest BCUT2D eigenvalue weighted by molar-refractivity contribution is -0.137. The maximum Gasteiger partial charge on any atom is 0.239 e. The summed E-state index contributed by atoms with van der Waals surface area (Å²) in [5.74, 6) is 0.223. The standard InChI is InChI=1S/C16H21N3OS2/c1-11(18(3)10-14-8-17-12(2)22-14)16(20)19-6-4-15-13(9-19)5-7-21-15/h5,7-8,11H,4,6,9-10H2,1-3H3/t11-/m0/s1. The van der Waals surface area contributed by atoms with E-state index in [1.165, 1.54) is 15.3 Å². The summed E-state index contributed by atoms with van der Waals surface area (Å²) >= 11 is 3.50. The highest BCUT2D eigenvalue weighted by Crippen LogP contribution is 2.25. The fourth-order valence-corrected chi connectivity index (χ4v) is 4.50. The van der Waals surface area contributed by atoms with Crippen molar-refractivity contribution in [3.05, 3.63) is 38.0 Å². The second-order valence-corrected chi connectivity index (χ2v) is 8.14. The Bertz CT molecular complexity index is 664. The van der Waals surface area contributed by atoms with Crippen molar-refractivity contribution in [3.63, 3.8) is 0 Å². The molecule has 22 heavy (non-hydrogen) atoms. The van der Waals surface area contributed by atoms with E-state index in [1.807, 2.05) is 32.0 Å². The molecule has 2 aromatic heterocycles. The first-order chi connectivity index (χ1) is 10.5. The van der Waals surface area contributed by atoms with Crippen molar-refractivity contribution in [2.24, 2.45) is 0 Å². The Balaban J connectivity index is 1.62. The van der Waals surface area contributed by atoms with Crippen molar-refractivity contribution in [2.75, 3.05) is 13.6 Å². The predicted molar refractivity (Wildman–Crippen MR) is 91.2 cm³/mol. The summed E-state index contributed by atoms with van der Waals surface area (Å²) in [5, 5.41) is 3.20. The Labute approximate surface area is 139 Å². The van der Waals surface area contributed by atoms with Gasteiger partial charge in [-0.1, -0.05) is 0 Å². The van der Waals surface area contributed by atoms with Gasteiger partial charge in [0.15, 0.2) is 0 Å². The molecule has 0 spiro atoms. The van der Waals surface area contributed by atoms with Crippen LogP contribution in [0.25, 0.3) is 0 Å². The summed E-state index contributed by atoms with van der Waals surface area (Å²) in [7, 11) is 2.01. The molecule has 0 radical (unpaired) electrons. The second-order valence-electron chi connectivity index (χ2n) is 5.82. The summed E-state index contributed by atoms with van der Waals surface area (Å²) in [6, 6.07) is 2.04. The van der Waals surface area contributed by atoms with Crippen LogP contribution in [-0.4, -0.2) is 40.3 Å². The molecular formula is C16H21N3OS2. The third kappa shape index (κ3) is 3.24. The van der Waals surface area contributed by atoms with Gasteiger partial charge in [-0.25, -0.2) is 4.98 Å². The Hall–Kier alpha value is -1.24. The van der Waals surface area contributed by atoms with Gasteiger partial charge < -0.3 is 4.90 Å². The van der Waals surface area contributed by atoms with E-state index in [0.717, 1.165) is 31.1 Å². The zero-order valence-corrected chi connectivity index (χ0v) is 14.8. The molecule has 0 unspecified atom stereocenters. The molecule has 0 aliphatic carbocycles. The molecule has 0 fully saturated rings.